The Balaban J connectivity index is 1.76. The Morgan fingerprint density at radius 1 is 1.23 bits per heavy atom. The highest BCUT2D eigenvalue weighted by atomic mass is 35.5. The summed E-state index contributed by atoms with van der Waals surface area (Å²) in [5, 5.41) is 12.0. The van der Waals surface area contributed by atoms with Crippen molar-refractivity contribution in [1.29, 1.82) is 0 Å². The standard InChI is InChI=1S/C25H27ClFN3O5/c1-25(2,3)35-24(34)30(4)12-14-5-7-18-15(9-14)10-16(13-31)21(18)29-23(33)22(32)28-17-6-8-19(26)20(27)11-17/h5-9,11,16,31H,10,12-13H2,1-4H3,(H,28,32)/t16-/m1/s1. The highest BCUT2D eigenvalue weighted by Crippen LogP contribution is 2.29. The topological polar surface area (TPSA) is 108 Å². The number of benzene rings is 2. The molecule has 2 N–H and O–H groups in total. The number of hydrogen-bond donors (Lipinski definition) is 2. The van der Waals surface area contributed by atoms with Gasteiger partial charge in [-0.05, 0) is 62.1 Å². The second-order valence-electron chi connectivity index (χ2n) is 9.30. The molecule has 0 saturated carbocycles. The molecule has 10 heteroatoms. The van der Waals surface area contributed by atoms with Crippen LogP contribution in [-0.4, -0.2) is 52.9 Å². The van der Waals surface area contributed by atoms with E-state index in [9.17, 15) is 23.9 Å². The third-order valence-corrected chi connectivity index (χ3v) is 5.54. The number of carbonyl (C=O) groups is 3. The first-order valence-corrected chi connectivity index (χ1v) is 11.3. The van der Waals surface area contributed by atoms with Crippen molar-refractivity contribution in [2.24, 2.45) is 10.9 Å². The summed E-state index contributed by atoms with van der Waals surface area (Å²) in [7, 11) is 1.63. The van der Waals surface area contributed by atoms with Crippen molar-refractivity contribution in [3.63, 3.8) is 0 Å². The van der Waals surface area contributed by atoms with Gasteiger partial charge in [0.15, 0.2) is 0 Å². The number of amides is 3. The number of hydrogen-bond acceptors (Lipinski definition) is 5. The van der Waals surface area contributed by atoms with Crippen molar-refractivity contribution in [3.05, 3.63) is 63.9 Å². The summed E-state index contributed by atoms with van der Waals surface area (Å²) in [5.74, 6) is -3.31. The van der Waals surface area contributed by atoms with Crippen LogP contribution in [0.15, 0.2) is 41.4 Å². The molecule has 0 heterocycles. The highest BCUT2D eigenvalue weighted by molar-refractivity contribution is 6.42. The molecule has 8 nitrogen and oxygen atoms in total. The predicted octanol–water partition coefficient (Wildman–Crippen LogP) is 3.97. The number of halogens is 2. The van der Waals surface area contributed by atoms with Crippen molar-refractivity contribution < 1.29 is 28.6 Å². The fourth-order valence-electron chi connectivity index (χ4n) is 3.65. The first-order valence-electron chi connectivity index (χ1n) is 10.9. The average molecular weight is 504 g/mol. The molecule has 35 heavy (non-hydrogen) atoms. The van der Waals surface area contributed by atoms with Crippen LogP contribution in [0, 0.1) is 11.7 Å². The van der Waals surface area contributed by atoms with E-state index in [1.807, 2.05) is 6.07 Å². The van der Waals surface area contributed by atoms with Gasteiger partial charge in [0.1, 0.15) is 11.4 Å². The number of nitrogens with one attached hydrogen (secondary N) is 1. The molecule has 0 aromatic heterocycles. The van der Waals surface area contributed by atoms with Gasteiger partial charge in [-0.1, -0.05) is 29.8 Å². The van der Waals surface area contributed by atoms with Crippen molar-refractivity contribution in [2.75, 3.05) is 19.0 Å². The molecule has 0 aliphatic heterocycles. The summed E-state index contributed by atoms with van der Waals surface area (Å²) in [6, 6.07) is 9.04. The molecule has 1 atom stereocenters. The molecule has 1 aliphatic carbocycles. The van der Waals surface area contributed by atoms with Gasteiger partial charge < -0.3 is 20.1 Å². The SMILES string of the molecule is CN(Cc1ccc2c(c1)C[C@H](CO)C2=NC(=O)C(=O)Nc1ccc(Cl)c(F)c1)C(=O)OC(C)(C)C. The molecule has 3 amide bonds. The summed E-state index contributed by atoms with van der Waals surface area (Å²) in [5.41, 5.74) is 2.08. The van der Waals surface area contributed by atoms with E-state index in [2.05, 4.69) is 10.3 Å². The van der Waals surface area contributed by atoms with Crippen molar-refractivity contribution in [2.45, 2.75) is 39.3 Å². The lowest BCUT2D eigenvalue weighted by Crippen LogP contribution is -2.33. The van der Waals surface area contributed by atoms with E-state index in [0.717, 1.165) is 17.2 Å². The van der Waals surface area contributed by atoms with Crippen LogP contribution in [-0.2, 0) is 27.3 Å². The molecule has 2 aromatic carbocycles. The zero-order valence-electron chi connectivity index (χ0n) is 19.9. The van der Waals surface area contributed by atoms with Gasteiger partial charge in [0, 0.05) is 25.2 Å². The van der Waals surface area contributed by atoms with E-state index >= 15 is 0 Å². The number of fused-ring (bicyclic) bond motifs is 1. The molecule has 1 aliphatic rings. The van der Waals surface area contributed by atoms with Gasteiger partial charge in [-0.25, -0.2) is 14.2 Å². The number of anilines is 1. The molecule has 0 saturated heterocycles. The van der Waals surface area contributed by atoms with E-state index in [0.29, 0.717) is 24.2 Å². The van der Waals surface area contributed by atoms with Crippen LogP contribution in [0.4, 0.5) is 14.9 Å². The van der Waals surface area contributed by atoms with Gasteiger partial charge >= 0.3 is 17.9 Å². The Morgan fingerprint density at radius 3 is 2.57 bits per heavy atom. The Labute approximate surface area is 207 Å². The van der Waals surface area contributed by atoms with Crippen molar-refractivity contribution in [3.8, 4) is 0 Å². The maximum Gasteiger partial charge on any atom is 0.410 e. The Bertz CT molecular complexity index is 1190. The molecule has 0 radical (unpaired) electrons. The minimum Gasteiger partial charge on any atom is -0.444 e. The Morgan fingerprint density at radius 2 is 1.94 bits per heavy atom. The van der Waals surface area contributed by atoms with E-state index in [-0.39, 0.29) is 17.3 Å². The monoisotopic (exact) mass is 503 g/mol. The molecule has 0 bridgehead atoms. The zero-order valence-corrected chi connectivity index (χ0v) is 20.6. The first kappa shape index (κ1) is 26.3. The summed E-state index contributed by atoms with van der Waals surface area (Å²) in [6.45, 7) is 5.41. The van der Waals surface area contributed by atoms with Crippen LogP contribution in [0.2, 0.25) is 5.02 Å². The fraction of sp³-hybridized carbons (Fsp3) is 0.360. The third kappa shape index (κ3) is 6.64. The van der Waals surface area contributed by atoms with Crippen LogP contribution in [0.25, 0.3) is 0 Å². The van der Waals surface area contributed by atoms with E-state index in [4.69, 9.17) is 16.3 Å². The van der Waals surface area contributed by atoms with Crippen molar-refractivity contribution in [1.82, 2.24) is 4.90 Å². The van der Waals surface area contributed by atoms with E-state index < -0.39 is 35.2 Å². The number of carbonyl (C=O) groups excluding carboxylic acids is 3. The van der Waals surface area contributed by atoms with E-state index in [1.54, 1.807) is 40.0 Å². The van der Waals surface area contributed by atoms with Crippen LogP contribution in [0.5, 0.6) is 0 Å². The number of aliphatic hydroxyl groups is 1. The maximum atomic E-state index is 13.6. The lowest BCUT2D eigenvalue weighted by atomic mass is 10.0. The average Bonchev–Trinajstić information content (AvgIpc) is 3.11. The van der Waals surface area contributed by atoms with Crippen LogP contribution < -0.4 is 5.32 Å². The molecule has 2 aromatic rings. The third-order valence-electron chi connectivity index (χ3n) is 5.24. The number of aliphatic imine (C=N–C) groups is 1. The highest BCUT2D eigenvalue weighted by Gasteiger charge is 2.30. The zero-order chi connectivity index (χ0) is 25.9. The quantitative estimate of drug-likeness (QED) is 0.614. The predicted molar refractivity (Wildman–Crippen MR) is 130 cm³/mol. The Hall–Kier alpha value is -3.30. The molecule has 3 rings (SSSR count). The minimum absolute atomic E-state index is 0.0646. The summed E-state index contributed by atoms with van der Waals surface area (Å²) in [4.78, 5) is 42.4. The van der Waals surface area contributed by atoms with Gasteiger partial charge in [0.25, 0.3) is 0 Å². The second kappa shape index (κ2) is 10.5. The summed E-state index contributed by atoms with van der Waals surface area (Å²) >= 11 is 5.63. The number of rotatable bonds is 4. The first-order chi connectivity index (χ1) is 16.4. The van der Waals surface area contributed by atoms with E-state index in [1.165, 1.54) is 17.0 Å². The summed E-state index contributed by atoms with van der Waals surface area (Å²) < 4.78 is 19.0. The molecule has 186 valence electrons. The van der Waals surface area contributed by atoms with Gasteiger partial charge in [0.2, 0.25) is 0 Å². The van der Waals surface area contributed by atoms with Crippen LogP contribution >= 0.6 is 11.6 Å². The number of nitrogens with zero attached hydrogens (tertiary/aromatic N) is 2. The molecular weight excluding hydrogens is 477 g/mol. The van der Waals surface area contributed by atoms with Crippen LogP contribution in [0.3, 0.4) is 0 Å². The van der Waals surface area contributed by atoms with Gasteiger partial charge in [-0.3, -0.25) is 9.59 Å². The second-order valence-corrected chi connectivity index (χ2v) is 9.70. The number of aliphatic hydroxyl groups excluding tert-OH is 1. The van der Waals surface area contributed by atoms with Gasteiger partial charge in [-0.15, -0.1) is 0 Å². The van der Waals surface area contributed by atoms with Gasteiger partial charge in [-0.2, -0.15) is 0 Å². The summed E-state index contributed by atoms with van der Waals surface area (Å²) in [6.07, 6.45) is -0.0305. The number of ether oxygens (including phenoxy) is 1. The van der Waals surface area contributed by atoms with Crippen LogP contribution in [0.1, 0.15) is 37.5 Å². The maximum absolute atomic E-state index is 13.6. The molecule has 0 fully saturated rings. The molecule has 0 unspecified atom stereocenters. The smallest absolute Gasteiger partial charge is 0.410 e. The van der Waals surface area contributed by atoms with Crippen molar-refractivity contribution >= 4 is 40.9 Å². The lowest BCUT2D eigenvalue weighted by molar-refractivity contribution is -0.134. The normalized spacial score (nSPS) is 16.1. The molecular formula is C25H27ClFN3O5. The Kier molecular flexibility index (Phi) is 7.92. The fourth-order valence-corrected chi connectivity index (χ4v) is 3.76. The largest absolute Gasteiger partial charge is 0.444 e. The molecule has 0 spiro atoms. The lowest BCUT2D eigenvalue weighted by Gasteiger charge is -2.24. The minimum atomic E-state index is -1.07. The van der Waals surface area contributed by atoms with Gasteiger partial charge in [0.05, 0.1) is 17.3 Å².